The Hall–Kier alpha value is -2.40. The molecule has 27 heavy (non-hydrogen) atoms. The Balaban J connectivity index is 1.46. The molecule has 0 bridgehead atoms. The number of rotatable bonds is 4. The molecule has 0 amide bonds. The van der Waals surface area contributed by atoms with E-state index < -0.39 is 5.60 Å². The van der Waals surface area contributed by atoms with Crippen LogP contribution in [-0.4, -0.2) is 36.0 Å². The summed E-state index contributed by atoms with van der Waals surface area (Å²) in [6.07, 6.45) is 1.92. The maximum Gasteiger partial charge on any atom is 0.170 e. The number of ketones is 1. The molecule has 1 fully saturated rings. The number of likely N-dealkylation sites (tertiary alicyclic amines) is 1. The van der Waals surface area contributed by atoms with Crippen LogP contribution in [0.3, 0.4) is 0 Å². The number of hydrogen-bond acceptors (Lipinski definition) is 4. The molecule has 2 aromatic carbocycles. The van der Waals surface area contributed by atoms with Crippen LogP contribution in [0.2, 0.25) is 0 Å². The van der Waals surface area contributed by atoms with E-state index in [-0.39, 0.29) is 11.6 Å². The second kappa shape index (κ2) is 7.31. The van der Waals surface area contributed by atoms with Gasteiger partial charge in [-0.2, -0.15) is 0 Å². The summed E-state index contributed by atoms with van der Waals surface area (Å²) in [5.41, 5.74) is 0.888. The summed E-state index contributed by atoms with van der Waals surface area (Å²) in [7, 11) is 0. The van der Waals surface area contributed by atoms with Gasteiger partial charge in [0.15, 0.2) is 5.78 Å². The zero-order chi connectivity index (χ0) is 18.9. The van der Waals surface area contributed by atoms with Crippen molar-refractivity contribution in [3.05, 3.63) is 59.4 Å². The first-order valence-electron chi connectivity index (χ1n) is 9.53. The number of hydrogen-bond donors (Lipinski definition) is 0. The van der Waals surface area contributed by atoms with Crippen LogP contribution in [0.4, 0.5) is 4.39 Å². The molecule has 5 heteroatoms. The van der Waals surface area contributed by atoms with Crippen molar-refractivity contribution in [2.24, 2.45) is 0 Å². The van der Waals surface area contributed by atoms with Crippen molar-refractivity contribution in [1.29, 1.82) is 0 Å². The summed E-state index contributed by atoms with van der Waals surface area (Å²) in [5.74, 6) is 1.30. The van der Waals surface area contributed by atoms with Gasteiger partial charge in [-0.05, 0) is 25.1 Å². The predicted octanol–water partition coefficient (Wildman–Crippen LogP) is 4.22. The van der Waals surface area contributed by atoms with Gasteiger partial charge in [0, 0.05) is 44.1 Å². The fourth-order valence-electron chi connectivity index (χ4n) is 4.00. The molecule has 142 valence electrons. The van der Waals surface area contributed by atoms with Gasteiger partial charge in [0.1, 0.15) is 22.9 Å². The highest BCUT2D eigenvalue weighted by molar-refractivity contribution is 6.00. The summed E-state index contributed by atoms with van der Waals surface area (Å²) in [4.78, 5) is 14.9. The predicted molar refractivity (Wildman–Crippen MR) is 101 cm³/mol. The Kier molecular flexibility index (Phi) is 4.87. The minimum atomic E-state index is -0.458. The number of nitrogens with zero attached hydrogens (tertiary/aromatic N) is 1. The van der Waals surface area contributed by atoms with E-state index in [1.807, 2.05) is 31.2 Å². The van der Waals surface area contributed by atoms with Crippen LogP contribution in [0.15, 0.2) is 42.5 Å². The fraction of sp³-hybridized carbons (Fsp3) is 0.409. The molecule has 4 rings (SSSR count). The number of halogens is 1. The van der Waals surface area contributed by atoms with Crippen molar-refractivity contribution in [1.82, 2.24) is 4.90 Å². The van der Waals surface area contributed by atoms with Crippen LogP contribution in [0.5, 0.6) is 11.5 Å². The summed E-state index contributed by atoms with van der Waals surface area (Å²) in [6, 6.07) is 12.3. The third-order valence-corrected chi connectivity index (χ3v) is 5.49. The van der Waals surface area contributed by atoms with Crippen LogP contribution < -0.4 is 9.47 Å². The van der Waals surface area contributed by atoms with Crippen LogP contribution in [0, 0.1) is 5.82 Å². The third kappa shape index (κ3) is 3.69. The van der Waals surface area contributed by atoms with Crippen molar-refractivity contribution in [3.8, 4) is 11.5 Å². The van der Waals surface area contributed by atoms with Gasteiger partial charge in [0.25, 0.3) is 0 Å². The quantitative estimate of drug-likeness (QED) is 0.809. The Morgan fingerprint density at radius 2 is 1.96 bits per heavy atom. The third-order valence-electron chi connectivity index (χ3n) is 5.49. The van der Waals surface area contributed by atoms with E-state index in [1.54, 1.807) is 12.1 Å². The molecule has 2 aliphatic rings. The standard InChI is InChI=1S/C22H24FNO3/c1-2-26-17-7-8-18-20(25)14-22(27-21(18)13-17)9-11-24(12-10-22)15-16-5-3-4-6-19(16)23/h3-8,13H,2,9-12,14-15H2,1H3. The van der Waals surface area contributed by atoms with Crippen molar-refractivity contribution in [2.45, 2.75) is 38.3 Å². The topological polar surface area (TPSA) is 38.8 Å². The number of benzene rings is 2. The Morgan fingerprint density at radius 1 is 1.19 bits per heavy atom. The van der Waals surface area contributed by atoms with E-state index in [0.29, 0.717) is 36.4 Å². The number of fused-ring (bicyclic) bond motifs is 1. The molecule has 2 aromatic rings. The average Bonchev–Trinajstić information content (AvgIpc) is 2.66. The number of ether oxygens (including phenoxy) is 2. The van der Waals surface area contributed by atoms with Gasteiger partial charge in [0.2, 0.25) is 0 Å². The molecule has 0 N–H and O–H groups in total. The smallest absolute Gasteiger partial charge is 0.170 e. The second-order valence-corrected chi connectivity index (χ2v) is 7.34. The fourth-order valence-corrected chi connectivity index (χ4v) is 4.00. The highest BCUT2D eigenvalue weighted by Crippen LogP contribution is 2.41. The number of piperidine rings is 1. The number of carbonyl (C=O) groups is 1. The van der Waals surface area contributed by atoms with Crippen molar-refractivity contribution < 1.29 is 18.7 Å². The molecule has 0 saturated carbocycles. The van der Waals surface area contributed by atoms with Gasteiger partial charge in [-0.15, -0.1) is 0 Å². The van der Waals surface area contributed by atoms with E-state index in [0.717, 1.165) is 31.7 Å². The van der Waals surface area contributed by atoms with Gasteiger partial charge in [-0.3, -0.25) is 9.69 Å². The lowest BCUT2D eigenvalue weighted by atomic mass is 9.82. The van der Waals surface area contributed by atoms with Crippen LogP contribution in [0.1, 0.15) is 42.1 Å². The first kappa shape index (κ1) is 18.0. The summed E-state index contributed by atoms with van der Waals surface area (Å²) in [5, 5.41) is 0. The lowest BCUT2D eigenvalue weighted by Crippen LogP contribution is -2.50. The minimum absolute atomic E-state index is 0.127. The SMILES string of the molecule is CCOc1ccc2c(c1)OC1(CCN(Cc3ccccc3F)CC1)CC2=O. The molecule has 1 spiro atoms. The Morgan fingerprint density at radius 3 is 2.70 bits per heavy atom. The molecular weight excluding hydrogens is 345 g/mol. The van der Waals surface area contributed by atoms with E-state index in [4.69, 9.17) is 9.47 Å². The highest BCUT2D eigenvalue weighted by atomic mass is 19.1. The summed E-state index contributed by atoms with van der Waals surface area (Å²) < 4.78 is 25.8. The molecule has 2 heterocycles. The van der Waals surface area contributed by atoms with E-state index in [1.165, 1.54) is 6.07 Å². The molecule has 2 aliphatic heterocycles. The normalized spacial score (nSPS) is 18.8. The van der Waals surface area contributed by atoms with Gasteiger partial charge in [0.05, 0.1) is 18.6 Å². The van der Waals surface area contributed by atoms with Gasteiger partial charge >= 0.3 is 0 Å². The zero-order valence-corrected chi connectivity index (χ0v) is 15.5. The largest absolute Gasteiger partial charge is 0.494 e. The second-order valence-electron chi connectivity index (χ2n) is 7.34. The first-order chi connectivity index (χ1) is 13.1. The van der Waals surface area contributed by atoms with E-state index in [9.17, 15) is 9.18 Å². The maximum atomic E-state index is 13.9. The molecule has 4 nitrogen and oxygen atoms in total. The van der Waals surface area contributed by atoms with Crippen LogP contribution in [0.25, 0.3) is 0 Å². The molecular formula is C22H24FNO3. The first-order valence-corrected chi connectivity index (χ1v) is 9.53. The summed E-state index contributed by atoms with van der Waals surface area (Å²) in [6.45, 7) is 4.65. The average molecular weight is 369 g/mol. The van der Waals surface area contributed by atoms with Gasteiger partial charge in [-0.1, -0.05) is 18.2 Å². The van der Waals surface area contributed by atoms with Crippen molar-refractivity contribution in [3.63, 3.8) is 0 Å². The molecule has 0 aliphatic carbocycles. The number of Topliss-reactive ketones (excluding diaryl/α,β-unsaturated/α-hetero) is 1. The summed E-state index contributed by atoms with van der Waals surface area (Å²) >= 11 is 0. The minimum Gasteiger partial charge on any atom is -0.494 e. The van der Waals surface area contributed by atoms with E-state index in [2.05, 4.69) is 4.90 Å². The lowest BCUT2D eigenvalue weighted by molar-refractivity contribution is -0.0110. The Labute approximate surface area is 158 Å². The molecule has 0 unspecified atom stereocenters. The van der Waals surface area contributed by atoms with Crippen molar-refractivity contribution in [2.75, 3.05) is 19.7 Å². The highest BCUT2D eigenvalue weighted by Gasteiger charge is 2.43. The van der Waals surface area contributed by atoms with E-state index >= 15 is 0 Å². The molecule has 0 radical (unpaired) electrons. The van der Waals surface area contributed by atoms with Gasteiger partial charge < -0.3 is 9.47 Å². The molecule has 0 atom stereocenters. The van der Waals surface area contributed by atoms with Gasteiger partial charge in [-0.25, -0.2) is 4.39 Å². The zero-order valence-electron chi connectivity index (χ0n) is 15.5. The van der Waals surface area contributed by atoms with Crippen LogP contribution >= 0.6 is 0 Å². The van der Waals surface area contributed by atoms with Crippen LogP contribution in [-0.2, 0) is 6.54 Å². The monoisotopic (exact) mass is 369 g/mol. The Bertz CT molecular complexity index is 843. The lowest BCUT2D eigenvalue weighted by Gasteiger charge is -2.44. The number of carbonyl (C=O) groups excluding carboxylic acids is 1. The molecule has 0 aromatic heterocycles. The van der Waals surface area contributed by atoms with Crippen molar-refractivity contribution >= 4 is 5.78 Å². The molecule has 1 saturated heterocycles. The maximum absolute atomic E-state index is 13.9.